The van der Waals surface area contributed by atoms with Gasteiger partial charge in [-0.05, 0) is 48.1 Å². The lowest BCUT2D eigenvalue weighted by molar-refractivity contribution is 0.563. The largest absolute Gasteiger partial charge is 0.384 e. The summed E-state index contributed by atoms with van der Waals surface area (Å²) in [5, 5.41) is 7.72. The van der Waals surface area contributed by atoms with Crippen LogP contribution in [0.2, 0.25) is 0 Å². The Morgan fingerprint density at radius 1 is 1.76 bits per heavy atom. The van der Waals surface area contributed by atoms with Crippen LogP contribution in [-0.4, -0.2) is 17.1 Å². The average molecular weight is 340 g/mol. The molecule has 1 aromatic rings. The third-order valence-corrected chi connectivity index (χ3v) is 3.78. The highest BCUT2D eigenvalue weighted by Crippen LogP contribution is 2.41. The van der Waals surface area contributed by atoms with E-state index in [0.29, 0.717) is 17.3 Å². The van der Waals surface area contributed by atoms with Crippen molar-refractivity contribution < 1.29 is 0 Å². The molecule has 1 heterocycles. The highest BCUT2D eigenvalue weighted by molar-refractivity contribution is 14.1. The molecule has 3 N–H and O–H groups in total. The van der Waals surface area contributed by atoms with Gasteiger partial charge in [-0.2, -0.15) is 0 Å². The Kier molecular flexibility index (Phi) is 3.24. The molecule has 0 saturated heterocycles. The van der Waals surface area contributed by atoms with E-state index in [-0.39, 0.29) is 11.9 Å². The van der Waals surface area contributed by atoms with Gasteiger partial charge in [-0.15, -0.1) is 6.42 Å². The second kappa shape index (κ2) is 4.53. The first-order chi connectivity index (χ1) is 8.10. The van der Waals surface area contributed by atoms with Crippen LogP contribution in [0.1, 0.15) is 24.4 Å². The van der Waals surface area contributed by atoms with E-state index in [1.807, 2.05) is 10.8 Å². The summed E-state index contributed by atoms with van der Waals surface area (Å²) in [4.78, 5) is 3.62. The maximum atomic E-state index is 7.72. The lowest BCUT2D eigenvalue weighted by atomic mass is 10.2. The molecule has 1 aromatic heterocycles. The number of aliphatic imine (C=N–C) groups is 1. The van der Waals surface area contributed by atoms with Gasteiger partial charge >= 0.3 is 0 Å². The van der Waals surface area contributed by atoms with E-state index in [1.165, 1.54) is 0 Å². The van der Waals surface area contributed by atoms with Gasteiger partial charge in [0, 0.05) is 9.77 Å². The lowest BCUT2D eigenvalue weighted by Crippen LogP contribution is -2.12. The van der Waals surface area contributed by atoms with Gasteiger partial charge in [-0.3, -0.25) is 5.41 Å². The number of rotatable bonds is 3. The molecule has 1 fully saturated rings. The molecule has 4 nitrogen and oxygen atoms in total. The van der Waals surface area contributed by atoms with Crippen LogP contribution in [0, 0.1) is 27.2 Å². The zero-order valence-electron chi connectivity index (χ0n) is 9.28. The Labute approximate surface area is 114 Å². The molecule has 1 atom stereocenters. The predicted molar refractivity (Wildman–Crippen MR) is 78.5 cm³/mol. The molecule has 0 aromatic carbocycles. The second-order valence-corrected chi connectivity index (χ2v) is 5.26. The summed E-state index contributed by atoms with van der Waals surface area (Å²) in [7, 11) is 0. The SMILES string of the molecule is C#CC(C1CC1)n1cc(I)c(C(=N)N=C)c1N. The number of halogens is 1. The van der Waals surface area contributed by atoms with Gasteiger partial charge in [0.25, 0.3) is 0 Å². The number of aromatic nitrogens is 1. The predicted octanol–water partition coefficient (Wildman–Crippen LogP) is 2.29. The molecule has 0 amide bonds. The number of nitrogens with zero attached hydrogens (tertiary/aromatic N) is 2. The number of hydrogen-bond acceptors (Lipinski definition) is 2. The summed E-state index contributed by atoms with van der Waals surface area (Å²) < 4.78 is 2.77. The van der Waals surface area contributed by atoms with Gasteiger partial charge in [-0.25, -0.2) is 4.99 Å². The molecule has 0 radical (unpaired) electrons. The second-order valence-electron chi connectivity index (χ2n) is 4.10. The summed E-state index contributed by atoms with van der Waals surface area (Å²) in [6, 6.07) is -0.00474. The number of hydrogen-bond donors (Lipinski definition) is 2. The van der Waals surface area contributed by atoms with E-state index in [0.717, 1.165) is 16.4 Å². The fraction of sp³-hybridized carbons (Fsp3) is 0.333. The Morgan fingerprint density at radius 3 is 2.88 bits per heavy atom. The van der Waals surface area contributed by atoms with E-state index in [4.69, 9.17) is 17.6 Å². The van der Waals surface area contributed by atoms with Crippen LogP contribution < -0.4 is 5.73 Å². The molecule has 17 heavy (non-hydrogen) atoms. The maximum absolute atomic E-state index is 7.72. The van der Waals surface area contributed by atoms with Crippen LogP contribution in [0.3, 0.4) is 0 Å². The first-order valence-electron chi connectivity index (χ1n) is 5.27. The molecular weight excluding hydrogens is 327 g/mol. The summed E-state index contributed by atoms with van der Waals surface area (Å²) in [6.07, 6.45) is 9.76. The topological polar surface area (TPSA) is 67.2 Å². The fourth-order valence-corrected chi connectivity index (χ4v) is 2.74. The Hall–Kier alpha value is -1.29. The highest BCUT2D eigenvalue weighted by atomic mass is 127. The molecule has 1 unspecified atom stereocenters. The first-order valence-corrected chi connectivity index (χ1v) is 6.35. The maximum Gasteiger partial charge on any atom is 0.155 e. The van der Waals surface area contributed by atoms with E-state index >= 15 is 0 Å². The minimum absolute atomic E-state index is 0.00474. The van der Waals surface area contributed by atoms with E-state index in [1.54, 1.807) is 0 Å². The van der Waals surface area contributed by atoms with E-state index in [9.17, 15) is 0 Å². The van der Waals surface area contributed by atoms with Crippen molar-refractivity contribution >= 4 is 41.0 Å². The van der Waals surface area contributed by atoms with Crippen molar-refractivity contribution in [2.75, 3.05) is 5.73 Å². The zero-order chi connectivity index (χ0) is 12.6. The Balaban J connectivity index is 2.46. The molecule has 1 aliphatic rings. The Bertz CT molecular complexity index is 519. The van der Waals surface area contributed by atoms with Crippen LogP contribution in [0.15, 0.2) is 11.2 Å². The van der Waals surface area contributed by atoms with Gasteiger partial charge in [0.1, 0.15) is 5.82 Å². The van der Waals surface area contributed by atoms with Crippen molar-refractivity contribution in [3.05, 3.63) is 15.3 Å². The van der Waals surface area contributed by atoms with Crippen LogP contribution >= 0.6 is 22.6 Å². The minimum Gasteiger partial charge on any atom is -0.384 e. The molecular formula is C12H13IN4. The molecule has 1 saturated carbocycles. The number of nitrogens with one attached hydrogen (secondary N) is 1. The first kappa shape index (κ1) is 12.2. The smallest absolute Gasteiger partial charge is 0.155 e. The third kappa shape index (κ3) is 2.09. The summed E-state index contributed by atoms with van der Waals surface area (Å²) in [5.41, 5.74) is 6.68. The molecule has 5 heteroatoms. The van der Waals surface area contributed by atoms with Crippen LogP contribution in [0.4, 0.5) is 5.82 Å². The van der Waals surface area contributed by atoms with E-state index in [2.05, 4.69) is 40.2 Å². The molecule has 0 bridgehead atoms. The average Bonchev–Trinajstić information content (AvgIpc) is 3.08. The van der Waals surface area contributed by atoms with Crippen molar-refractivity contribution in [1.82, 2.24) is 4.57 Å². The normalized spacial score (nSPS) is 16.2. The van der Waals surface area contributed by atoms with Crippen LogP contribution in [-0.2, 0) is 0 Å². The molecule has 0 spiro atoms. The standard InChI is InChI=1S/C12H13IN4/c1-3-9(7-4-5-7)17-6-8(13)10(12(17)15)11(14)16-2/h1,6-7,9,14H,2,4-5,15H2. The molecule has 1 aliphatic carbocycles. The molecule has 0 aliphatic heterocycles. The number of terminal acetylenes is 1. The number of nitrogens with two attached hydrogens (primary N) is 1. The van der Waals surface area contributed by atoms with Crippen molar-refractivity contribution in [2.24, 2.45) is 10.9 Å². The van der Waals surface area contributed by atoms with Gasteiger partial charge in [0.2, 0.25) is 0 Å². The summed E-state index contributed by atoms with van der Waals surface area (Å²) in [6.45, 7) is 3.36. The van der Waals surface area contributed by atoms with Gasteiger partial charge in [0.05, 0.1) is 11.6 Å². The monoisotopic (exact) mass is 340 g/mol. The van der Waals surface area contributed by atoms with Crippen molar-refractivity contribution in [1.29, 1.82) is 5.41 Å². The minimum atomic E-state index is -0.00474. The Morgan fingerprint density at radius 2 is 2.41 bits per heavy atom. The zero-order valence-corrected chi connectivity index (χ0v) is 11.4. The number of nitrogen functional groups attached to an aromatic ring is 1. The third-order valence-electron chi connectivity index (χ3n) is 2.96. The summed E-state index contributed by atoms with van der Waals surface area (Å²) >= 11 is 2.14. The van der Waals surface area contributed by atoms with Crippen molar-refractivity contribution in [2.45, 2.75) is 18.9 Å². The lowest BCUT2D eigenvalue weighted by Gasteiger charge is -2.14. The summed E-state index contributed by atoms with van der Waals surface area (Å²) in [5.74, 6) is 3.91. The van der Waals surface area contributed by atoms with Crippen molar-refractivity contribution in [3.8, 4) is 12.3 Å². The number of anilines is 1. The van der Waals surface area contributed by atoms with Gasteiger partial charge in [-0.1, -0.05) is 5.92 Å². The highest BCUT2D eigenvalue weighted by Gasteiger charge is 2.33. The van der Waals surface area contributed by atoms with Crippen LogP contribution in [0.5, 0.6) is 0 Å². The number of amidine groups is 1. The molecule has 88 valence electrons. The van der Waals surface area contributed by atoms with Gasteiger partial charge < -0.3 is 10.3 Å². The van der Waals surface area contributed by atoms with Crippen LogP contribution in [0.25, 0.3) is 0 Å². The van der Waals surface area contributed by atoms with Crippen molar-refractivity contribution in [3.63, 3.8) is 0 Å². The van der Waals surface area contributed by atoms with Gasteiger partial charge in [0.15, 0.2) is 5.84 Å². The molecule has 2 rings (SSSR count). The quantitative estimate of drug-likeness (QED) is 0.377. The fourth-order valence-electron chi connectivity index (χ4n) is 1.91. The van der Waals surface area contributed by atoms with E-state index < -0.39 is 0 Å².